The van der Waals surface area contributed by atoms with Crippen LogP contribution in [0, 0.1) is 5.92 Å². The molecule has 1 saturated carbocycles. The Morgan fingerprint density at radius 3 is 2.32 bits per heavy atom. The molecule has 1 aromatic carbocycles. The molecule has 0 radical (unpaired) electrons. The Kier molecular flexibility index (Phi) is 6.17. The van der Waals surface area contributed by atoms with E-state index in [4.69, 9.17) is 5.73 Å². The standard InChI is InChI=1S/C18H26N2O3S.ClH/c1-24(22,23)18(9-5-6-10-18)17(21)20-12-15(11-19)16(13-20)14-7-3-2-4-8-14;/h2-4,7-8,15-16H,5-6,9-13,19H2,1H3;1H/t15-,16+;/m1./s1. The van der Waals surface area contributed by atoms with Gasteiger partial charge >= 0.3 is 0 Å². The molecule has 1 amide bonds. The number of nitrogens with two attached hydrogens (primary N) is 1. The number of hydrogen-bond acceptors (Lipinski definition) is 4. The number of nitrogens with zero attached hydrogens (tertiary/aromatic N) is 1. The van der Waals surface area contributed by atoms with Crippen molar-refractivity contribution in [3.05, 3.63) is 35.9 Å². The molecule has 2 atom stereocenters. The Morgan fingerprint density at radius 1 is 1.20 bits per heavy atom. The van der Waals surface area contributed by atoms with Crippen LogP contribution >= 0.6 is 12.4 Å². The van der Waals surface area contributed by atoms with Gasteiger partial charge in [-0.25, -0.2) is 8.42 Å². The lowest BCUT2D eigenvalue weighted by molar-refractivity contribution is -0.133. The van der Waals surface area contributed by atoms with E-state index in [2.05, 4.69) is 12.1 Å². The van der Waals surface area contributed by atoms with Crippen molar-refractivity contribution in [3.63, 3.8) is 0 Å². The number of hydrogen-bond donors (Lipinski definition) is 1. The summed E-state index contributed by atoms with van der Waals surface area (Å²) in [5, 5.41) is 0. The molecule has 1 heterocycles. The monoisotopic (exact) mass is 386 g/mol. The van der Waals surface area contributed by atoms with Crippen molar-refractivity contribution in [3.8, 4) is 0 Å². The molecule has 1 aromatic rings. The average Bonchev–Trinajstić information content (AvgIpc) is 3.22. The van der Waals surface area contributed by atoms with Crippen molar-refractivity contribution in [2.45, 2.75) is 36.3 Å². The highest BCUT2D eigenvalue weighted by atomic mass is 35.5. The minimum absolute atomic E-state index is 0. The molecular weight excluding hydrogens is 360 g/mol. The largest absolute Gasteiger partial charge is 0.340 e. The van der Waals surface area contributed by atoms with Crippen LogP contribution in [0.2, 0.25) is 0 Å². The van der Waals surface area contributed by atoms with Gasteiger partial charge in [0.25, 0.3) is 0 Å². The van der Waals surface area contributed by atoms with Gasteiger partial charge in [-0.05, 0) is 30.9 Å². The van der Waals surface area contributed by atoms with E-state index in [1.54, 1.807) is 4.90 Å². The molecule has 25 heavy (non-hydrogen) atoms. The second-order valence-corrected chi connectivity index (χ2v) is 9.52. The Bertz CT molecular complexity index is 702. The zero-order valence-corrected chi connectivity index (χ0v) is 16.2. The SMILES string of the molecule is CS(=O)(=O)C1(C(=O)N2C[C@@H](CN)[C@H](c3ccccc3)C2)CCCC1.Cl. The van der Waals surface area contributed by atoms with Crippen LogP contribution in [-0.2, 0) is 14.6 Å². The number of rotatable bonds is 4. The topological polar surface area (TPSA) is 80.5 Å². The molecule has 2 fully saturated rings. The molecule has 1 aliphatic carbocycles. The Morgan fingerprint density at radius 2 is 1.80 bits per heavy atom. The van der Waals surface area contributed by atoms with Gasteiger partial charge in [0.15, 0.2) is 14.6 Å². The molecule has 2 aliphatic rings. The third-order valence-electron chi connectivity index (χ3n) is 5.77. The second kappa shape index (κ2) is 7.64. The van der Waals surface area contributed by atoms with E-state index in [-0.39, 0.29) is 30.2 Å². The number of amides is 1. The van der Waals surface area contributed by atoms with Crippen molar-refractivity contribution in [1.82, 2.24) is 4.90 Å². The Labute approximate surface area is 156 Å². The van der Waals surface area contributed by atoms with Gasteiger partial charge in [0, 0.05) is 25.3 Å². The third kappa shape index (κ3) is 3.57. The van der Waals surface area contributed by atoms with Crippen LogP contribution in [0.3, 0.4) is 0 Å². The second-order valence-electron chi connectivity index (χ2n) is 7.20. The normalized spacial score (nSPS) is 25.6. The maximum absolute atomic E-state index is 13.2. The molecule has 0 unspecified atom stereocenters. The lowest BCUT2D eigenvalue weighted by Crippen LogP contribution is -2.51. The lowest BCUT2D eigenvalue weighted by atomic mass is 9.89. The molecule has 140 valence electrons. The van der Waals surface area contributed by atoms with Crippen LogP contribution in [0.4, 0.5) is 0 Å². The Hall–Kier alpha value is -1.11. The number of benzene rings is 1. The van der Waals surface area contributed by atoms with Crippen LogP contribution in [0.15, 0.2) is 30.3 Å². The summed E-state index contributed by atoms with van der Waals surface area (Å²) in [7, 11) is -3.43. The first-order valence-corrected chi connectivity index (χ1v) is 10.5. The Balaban J connectivity index is 0.00000225. The summed E-state index contributed by atoms with van der Waals surface area (Å²) >= 11 is 0. The summed E-state index contributed by atoms with van der Waals surface area (Å²) in [5.41, 5.74) is 7.11. The fourth-order valence-electron chi connectivity index (χ4n) is 4.33. The predicted octanol–water partition coefficient (Wildman–Crippen LogP) is 1.97. The van der Waals surface area contributed by atoms with Gasteiger partial charge in [0.2, 0.25) is 5.91 Å². The van der Waals surface area contributed by atoms with Gasteiger partial charge in [0.05, 0.1) is 0 Å². The predicted molar refractivity (Wildman–Crippen MR) is 102 cm³/mol. The number of likely N-dealkylation sites (tertiary alicyclic amines) is 1. The number of carbonyl (C=O) groups excluding carboxylic acids is 1. The summed E-state index contributed by atoms with van der Waals surface area (Å²) < 4.78 is 23.6. The summed E-state index contributed by atoms with van der Waals surface area (Å²) in [4.78, 5) is 14.9. The highest BCUT2D eigenvalue weighted by Crippen LogP contribution is 2.41. The quantitative estimate of drug-likeness (QED) is 0.857. The van der Waals surface area contributed by atoms with E-state index in [1.807, 2.05) is 18.2 Å². The van der Waals surface area contributed by atoms with E-state index in [0.717, 1.165) is 12.8 Å². The maximum atomic E-state index is 13.2. The van der Waals surface area contributed by atoms with Crippen molar-refractivity contribution in [1.29, 1.82) is 0 Å². The van der Waals surface area contributed by atoms with Crippen LogP contribution < -0.4 is 5.73 Å². The maximum Gasteiger partial charge on any atom is 0.244 e. The average molecular weight is 387 g/mol. The first-order valence-electron chi connectivity index (χ1n) is 8.63. The number of halogens is 1. The number of carbonyl (C=O) groups is 1. The van der Waals surface area contributed by atoms with Crippen molar-refractivity contribution >= 4 is 28.2 Å². The molecular formula is C18H27ClN2O3S. The molecule has 1 aliphatic heterocycles. The highest BCUT2D eigenvalue weighted by Gasteiger charge is 2.53. The molecule has 1 saturated heterocycles. The van der Waals surface area contributed by atoms with E-state index in [0.29, 0.717) is 32.5 Å². The number of sulfone groups is 1. The van der Waals surface area contributed by atoms with Gasteiger partial charge in [0.1, 0.15) is 0 Å². The van der Waals surface area contributed by atoms with Crippen molar-refractivity contribution in [2.24, 2.45) is 11.7 Å². The first-order chi connectivity index (χ1) is 11.4. The first kappa shape index (κ1) is 20.2. The van der Waals surface area contributed by atoms with Gasteiger partial charge in [-0.1, -0.05) is 43.2 Å². The molecule has 0 bridgehead atoms. The summed E-state index contributed by atoms with van der Waals surface area (Å²) in [5.74, 6) is 0.145. The molecule has 0 aromatic heterocycles. The molecule has 2 N–H and O–H groups in total. The molecule has 5 nitrogen and oxygen atoms in total. The minimum Gasteiger partial charge on any atom is -0.340 e. The van der Waals surface area contributed by atoms with E-state index < -0.39 is 14.6 Å². The lowest BCUT2D eigenvalue weighted by Gasteiger charge is -2.30. The smallest absolute Gasteiger partial charge is 0.244 e. The summed E-state index contributed by atoms with van der Waals surface area (Å²) in [6.45, 7) is 1.60. The molecule has 0 spiro atoms. The van der Waals surface area contributed by atoms with Gasteiger partial charge in [-0.3, -0.25) is 4.79 Å². The zero-order chi connectivity index (χ0) is 17.4. The van der Waals surface area contributed by atoms with Crippen LogP contribution in [-0.4, -0.2) is 49.9 Å². The van der Waals surface area contributed by atoms with E-state index >= 15 is 0 Å². The minimum atomic E-state index is -3.43. The van der Waals surface area contributed by atoms with E-state index in [9.17, 15) is 13.2 Å². The fraction of sp³-hybridized carbons (Fsp3) is 0.611. The van der Waals surface area contributed by atoms with Crippen LogP contribution in [0.25, 0.3) is 0 Å². The summed E-state index contributed by atoms with van der Waals surface area (Å²) in [6.07, 6.45) is 3.71. The van der Waals surface area contributed by atoms with Gasteiger partial charge in [-0.2, -0.15) is 0 Å². The fourth-order valence-corrected chi connectivity index (χ4v) is 5.81. The van der Waals surface area contributed by atoms with Crippen molar-refractivity contribution in [2.75, 3.05) is 25.9 Å². The molecule has 7 heteroatoms. The summed E-state index contributed by atoms with van der Waals surface area (Å²) in [6, 6.07) is 10.1. The zero-order valence-electron chi connectivity index (χ0n) is 14.6. The third-order valence-corrected chi connectivity index (χ3v) is 7.77. The van der Waals surface area contributed by atoms with Crippen molar-refractivity contribution < 1.29 is 13.2 Å². The van der Waals surface area contributed by atoms with Gasteiger partial charge < -0.3 is 10.6 Å². The molecule has 3 rings (SSSR count). The van der Waals surface area contributed by atoms with Crippen LogP contribution in [0.1, 0.15) is 37.2 Å². The highest BCUT2D eigenvalue weighted by molar-refractivity contribution is 7.92. The van der Waals surface area contributed by atoms with Crippen LogP contribution in [0.5, 0.6) is 0 Å². The van der Waals surface area contributed by atoms with Gasteiger partial charge in [-0.15, -0.1) is 12.4 Å². The van der Waals surface area contributed by atoms with E-state index in [1.165, 1.54) is 11.8 Å².